The highest BCUT2D eigenvalue weighted by Gasteiger charge is 2.10. The van der Waals surface area contributed by atoms with Crippen LogP contribution in [-0.4, -0.2) is 37.2 Å². The SMILES string of the molecule is COC(=O)c1ccc(NCCNC(N)=O)nc1C. The molecule has 0 bridgehead atoms. The molecule has 0 atom stereocenters. The van der Waals surface area contributed by atoms with Gasteiger partial charge in [0, 0.05) is 13.1 Å². The van der Waals surface area contributed by atoms with Crippen LogP contribution >= 0.6 is 0 Å². The zero-order valence-electron chi connectivity index (χ0n) is 10.3. The van der Waals surface area contributed by atoms with Crippen molar-refractivity contribution in [2.45, 2.75) is 6.92 Å². The van der Waals surface area contributed by atoms with E-state index in [-0.39, 0.29) is 0 Å². The second-order valence-electron chi connectivity index (χ2n) is 3.54. The minimum atomic E-state index is -0.568. The van der Waals surface area contributed by atoms with Crippen molar-refractivity contribution in [3.05, 3.63) is 23.4 Å². The van der Waals surface area contributed by atoms with E-state index in [4.69, 9.17) is 5.73 Å². The molecule has 1 aromatic heterocycles. The van der Waals surface area contributed by atoms with Gasteiger partial charge in [-0.3, -0.25) is 0 Å². The number of amides is 2. The molecule has 0 unspecified atom stereocenters. The Morgan fingerprint density at radius 3 is 2.67 bits per heavy atom. The van der Waals surface area contributed by atoms with Crippen molar-refractivity contribution in [1.82, 2.24) is 10.3 Å². The topological polar surface area (TPSA) is 106 Å². The Kier molecular flexibility index (Phi) is 4.91. The molecule has 7 heteroatoms. The molecule has 0 aliphatic carbocycles. The van der Waals surface area contributed by atoms with Crippen LogP contribution in [0, 0.1) is 6.92 Å². The van der Waals surface area contributed by atoms with Gasteiger partial charge >= 0.3 is 12.0 Å². The maximum Gasteiger partial charge on any atom is 0.339 e. The summed E-state index contributed by atoms with van der Waals surface area (Å²) in [7, 11) is 1.32. The summed E-state index contributed by atoms with van der Waals surface area (Å²) in [6.45, 7) is 2.61. The number of nitrogens with one attached hydrogen (secondary N) is 2. The van der Waals surface area contributed by atoms with Crippen molar-refractivity contribution in [1.29, 1.82) is 0 Å². The average molecular weight is 252 g/mol. The summed E-state index contributed by atoms with van der Waals surface area (Å²) < 4.78 is 4.62. The van der Waals surface area contributed by atoms with Gasteiger partial charge in [0.05, 0.1) is 18.4 Å². The summed E-state index contributed by atoms with van der Waals surface area (Å²) in [5.74, 6) is 0.202. The fraction of sp³-hybridized carbons (Fsp3) is 0.364. The van der Waals surface area contributed by atoms with Gasteiger partial charge in [-0.1, -0.05) is 0 Å². The number of esters is 1. The summed E-state index contributed by atoms with van der Waals surface area (Å²) in [6.07, 6.45) is 0. The normalized spacial score (nSPS) is 9.67. The van der Waals surface area contributed by atoms with Crippen molar-refractivity contribution >= 4 is 17.8 Å². The quantitative estimate of drug-likeness (QED) is 0.514. The molecule has 1 heterocycles. The zero-order valence-corrected chi connectivity index (χ0v) is 10.3. The maximum absolute atomic E-state index is 11.3. The van der Waals surface area contributed by atoms with Gasteiger partial charge in [-0.2, -0.15) is 0 Å². The van der Waals surface area contributed by atoms with Crippen LogP contribution in [0.15, 0.2) is 12.1 Å². The number of aromatic nitrogens is 1. The minimum absolute atomic E-state index is 0.398. The third-order valence-corrected chi connectivity index (χ3v) is 2.22. The number of rotatable bonds is 5. The third-order valence-electron chi connectivity index (χ3n) is 2.22. The van der Waals surface area contributed by atoms with E-state index in [1.807, 2.05) is 0 Å². The first kappa shape index (κ1) is 13.8. The molecule has 2 amide bonds. The molecule has 0 radical (unpaired) electrons. The molecule has 0 aromatic carbocycles. The molecule has 0 aliphatic heterocycles. The number of nitrogens with two attached hydrogens (primary N) is 1. The zero-order chi connectivity index (χ0) is 13.5. The predicted molar refractivity (Wildman–Crippen MR) is 66.4 cm³/mol. The molecule has 18 heavy (non-hydrogen) atoms. The van der Waals surface area contributed by atoms with Crippen molar-refractivity contribution in [3.63, 3.8) is 0 Å². The fourth-order valence-corrected chi connectivity index (χ4v) is 1.36. The lowest BCUT2D eigenvalue weighted by molar-refractivity contribution is 0.0599. The van der Waals surface area contributed by atoms with Crippen LogP contribution in [0.2, 0.25) is 0 Å². The van der Waals surface area contributed by atoms with Gasteiger partial charge in [0.2, 0.25) is 0 Å². The number of hydrogen-bond donors (Lipinski definition) is 3. The Balaban J connectivity index is 2.56. The van der Waals surface area contributed by atoms with Gasteiger partial charge in [0.15, 0.2) is 0 Å². The van der Waals surface area contributed by atoms with E-state index in [2.05, 4.69) is 20.4 Å². The summed E-state index contributed by atoms with van der Waals surface area (Å²) in [6, 6.07) is 2.74. The smallest absolute Gasteiger partial charge is 0.339 e. The number of nitrogens with zero attached hydrogens (tertiary/aromatic N) is 1. The van der Waals surface area contributed by atoms with Crippen LogP contribution in [0.4, 0.5) is 10.6 Å². The van der Waals surface area contributed by atoms with Crippen LogP contribution in [-0.2, 0) is 4.74 Å². The second-order valence-corrected chi connectivity index (χ2v) is 3.54. The van der Waals surface area contributed by atoms with Crippen molar-refractivity contribution in [3.8, 4) is 0 Å². The number of anilines is 1. The van der Waals surface area contributed by atoms with E-state index < -0.39 is 12.0 Å². The molecule has 4 N–H and O–H groups in total. The monoisotopic (exact) mass is 252 g/mol. The molecule has 0 spiro atoms. The van der Waals surface area contributed by atoms with Gasteiger partial charge < -0.3 is 21.1 Å². The van der Waals surface area contributed by atoms with Crippen LogP contribution in [0.25, 0.3) is 0 Å². The Morgan fingerprint density at radius 1 is 1.39 bits per heavy atom. The number of hydrogen-bond acceptors (Lipinski definition) is 5. The Hall–Kier alpha value is -2.31. The first-order valence-corrected chi connectivity index (χ1v) is 5.37. The highest BCUT2D eigenvalue weighted by atomic mass is 16.5. The standard InChI is InChI=1S/C11H16N4O3/c1-7-8(10(16)18-2)3-4-9(15-7)13-5-6-14-11(12)17/h3-4H,5-6H2,1-2H3,(H,13,15)(H3,12,14,17). The van der Waals surface area contributed by atoms with Crippen LogP contribution in [0.1, 0.15) is 16.1 Å². The number of carbonyl (C=O) groups excluding carboxylic acids is 2. The van der Waals surface area contributed by atoms with Gasteiger partial charge in [0.1, 0.15) is 5.82 Å². The molecule has 7 nitrogen and oxygen atoms in total. The van der Waals surface area contributed by atoms with E-state index in [0.29, 0.717) is 30.2 Å². The first-order valence-electron chi connectivity index (χ1n) is 5.37. The van der Waals surface area contributed by atoms with E-state index >= 15 is 0 Å². The van der Waals surface area contributed by atoms with Crippen molar-refractivity contribution < 1.29 is 14.3 Å². The Bertz CT molecular complexity index is 448. The number of ether oxygens (including phenoxy) is 1. The van der Waals surface area contributed by atoms with Gasteiger partial charge in [-0.05, 0) is 19.1 Å². The number of carbonyl (C=O) groups is 2. The number of aryl methyl sites for hydroxylation is 1. The molecular formula is C11H16N4O3. The molecule has 0 saturated carbocycles. The molecule has 0 aliphatic rings. The van der Waals surface area contributed by atoms with Crippen LogP contribution in [0.3, 0.4) is 0 Å². The highest BCUT2D eigenvalue weighted by Crippen LogP contribution is 2.11. The predicted octanol–water partition coefficient (Wildman–Crippen LogP) is 0.257. The van der Waals surface area contributed by atoms with E-state index in [1.54, 1.807) is 19.1 Å². The van der Waals surface area contributed by atoms with Crippen molar-refractivity contribution in [2.24, 2.45) is 5.73 Å². The molecular weight excluding hydrogens is 236 g/mol. The van der Waals surface area contributed by atoms with Gasteiger partial charge in [0.25, 0.3) is 0 Å². The minimum Gasteiger partial charge on any atom is -0.465 e. The molecule has 98 valence electrons. The lowest BCUT2D eigenvalue weighted by Crippen LogP contribution is -2.33. The number of urea groups is 1. The summed E-state index contributed by atoms with van der Waals surface area (Å²) in [5, 5.41) is 5.44. The summed E-state index contributed by atoms with van der Waals surface area (Å²) >= 11 is 0. The highest BCUT2D eigenvalue weighted by molar-refractivity contribution is 5.90. The van der Waals surface area contributed by atoms with E-state index in [0.717, 1.165) is 0 Å². The third kappa shape index (κ3) is 3.93. The van der Waals surface area contributed by atoms with Gasteiger partial charge in [-0.15, -0.1) is 0 Å². The van der Waals surface area contributed by atoms with E-state index in [9.17, 15) is 9.59 Å². The molecule has 0 fully saturated rings. The fourth-order valence-electron chi connectivity index (χ4n) is 1.36. The summed E-state index contributed by atoms with van der Waals surface area (Å²) in [4.78, 5) is 26.0. The maximum atomic E-state index is 11.3. The second kappa shape index (κ2) is 6.43. The summed E-state index contributed by atoms with van der Waals surface area (Å²) in [5.41, 5.74) is 5.93. The Labute approximate surface area is 105 Å². The van der Waals surface area contributed by atoms with Crippen LogP contribution in [0.5, 0.6) is 0 Å². The number of pyridine rings is 1. The first-order chi connectivity index (χ1) is 8.54. The molecule has 1 rings (SSSR count). The number of primary amides is 1. The average Bonchev–Trinajstić information content (AvgIpc) is 2.33. The van der Waals surface area contributed by atoms with Gasteiger partial charge in [-0.25, -0.2) is 14.6 Å². The lowest BCUT2D eigenvalue weighted by atomic mass is 10.2. The van der Waals surface area contributed by atoms with E-state index in [1.165, 1.54) is 7.11 Å². The molecule has 1 aromatic rings. The molecule has 0 saturated heterocycles. The number of methoxy groups -OCH3 is 1. The van der Waals surface area contributed by atoms with Crippen molar-refractivity contribution in [2.75, 3.05) is 25.5 Å². The largest absolute Gasteiger partial charge is 0.465 e. The lowest BCUT2D eigenvalue weighted by Gasteiger charge is -2.08. The Morgan fingerprint density at radius 2 is 2.11 bits per heavy atom. The van der Waals surface area contributed by atoms with Crippen LogP contribution < -0.4 is 16.4 Å².